The largest absolute Gasteiger partial charge is 0.390 e. The SMILES string of the molecule is CNc1nnc(-c2c(N)sc(C)c2C)n1C. The van der Waals surface area contributed by atoms with Crippen molar-refractivity contribution in [3.05, 3.63) is 10.4 Å². The van der Waals surface area contributed by atoms with Gasteiger partial charge in [-0.25, -0.2) is 0 Å². The Morgan fingerprint density at radius 1 is 1.31 bits per heavy atom. The summed E-state index contributed by atoms with van der Waals surface area (Å²) in [4.78, 5) is 1.22. The number of anilines is 2. The van der Waals surface area contributed by atoms with Crippen LogP contribution in [0.2, 0.25) is 0 Å². The minimum absolute atomic E-state index is 0.734. The van der Waals surface area contributed by atoms with Crippen LogP contribution >= 0.6 is 11.3 Å². The second-order valence-electron chi connectivity index (χ2n) is 3.68. The Labute approximate surface area is 98.3 Å². The van der Waals surface area contributed by atoms with Crippen LogP contribution in [0.4, 0.5) is 10.9 Å². The Balaban J connectivity index is 2.63. The van der Waals surface area contributed by atoms with Crippen LogP contribution in [0, 0.1) is 13.8 Å². The lowest BCUT2D eigenvalue weighted by Crippen LogP contribution is -2.00. The summed E-state index contributed by atoms with van der Waals surface area (Å²) < 4.78 is 1.91. The number of nitrogens with zero attached hydrogens (tertiary/aromatic N) is 3. The Kier molecular flexibility index (Phi) is 2.59. The van der Waals surface area contributed by atoms with Gasteiger partial charge < -0.3 is 11.1 Å². The number of hydrogen-bond donors (Lipinski definition) is 2. The first kappa shape index (κ1) is 10.9. The number of rotatable bonds is 2. The molecule has 0 bridgehead atoms. The number of hydrogen-bond acceptors (Lipinski definition) is 5. The van der Waals surface area contributed by atoms with Crippen LogP contribution in [0.1, 0.15) is 10.4 Å². The Morgan fingerprint density at radius 3 is 2.44 bits per heavy atom. The molecule has 0 aliphatic heterocycles. The molecule has 5 nitrogen and oxygen atoms in total. The average molecular weight is 237 g/mol. The second kappa shape index (κ2) is 3.79. The highest BCUT2D eigenvalue weighted by Gasteiger charge is 2.18. The first-order valence-electron chi connectivity index (χ1n) is 4.99. The summed E-state index contributed by atoms with van der Waals surface area (Å²) in [5.41, 5.74) is 8.19. The number of nitrogens with two attached hydrogens (primary N) is 1. The maximum atomic E-state index is 6.01. The first-order chi connectivity index (χ1) is 7.56. The van der Waals surface area contributed by atoms with Gasteiger partial charge in [-0.15, -0.1) is 21.5 Å². The summed E-state index contributed by atoms with van der Waals surface area (Å²) in [6, 6.07) is 0. The molecular weight excluding hydrogens is 222 g/mol. The van der Waals surface area contributed by atoms with Crippen molar-refractivity contribution >= 4 is 22.3 Å². The normalized spacial score (nSPS) is 10.8. The van der Waals surface area contributed by atoms with E-state index >= 15 is 0 Å². The van der Waals surface area contributed by atoms with Gasteiger partial charge in [0.15, 0.2) is 5.82 Å². The summed E-state index contributed by atoms with van der Waals surface area (Å²) in [7, 11) is 3.75. The summed E-state index contributed by atoms with van der Waals surface area (Å²) in [6.45, 7) is 4.13. The van der Waals surface area contributed by atoms with Crippen LogP contribution in [-0.2, 0) is 7.05 Å². The standard InChI is InChI=1S/C10H15N5S/c1-5-6(2)16-8(11)7(5)9-13-14-10(12-3)15(9)4/h11H2,1-4H3,(H,12,14). The van der Waals surface area contributed by atoms with Crippen molar-refractivity contribution in [1.29, 1.82) is 0 Å². The van der Waals surface area contributed by atoms with Gasteiger partial charge in [-0.3, -0.25) is 4.57 Å². The van der Waals surface area contributed by atoms with E-state index in [1.165, 1.54) is 10.4 Å². The van der Waals surface area contributed by atoms with Gasteiger partial charge in [-0.05, 0) is 19.4 Å². The molecule has 0 spiro atoms. The second-order valence-corrected chi connectivity index (χ2v) is 4.94. The zero-order valence-corrected chi connectivity index (χ0v) is 10.6. The van der Waals surface area contributed by atoms with E-state index in [0.717, 1.165) is 22.3 Å². The molecule has 2 aromatic rings. The van der Waals surface area contributed by atoms with Crippen LogP contribution in [0.5, 0.6) is 0 Å². The first-order valence-corrected chi connectivity index (χ1v) is 5.81. The van der Waals surface area contributed by atoms with Crippen molar-refractivity contribution in [2.24, 2.45) is 7.05 Å². The van der Waals surface area contributed by atoms with Crippen LogP contribution in [-0.4, -0.2) is 21.8 Å². The Hall–Kier alpha value is -1.56. The molecular formula is C10H15N5S. The van der Waals surface area contributed by atoms with Crippen molar-refractivity contribution < 1.29 is 0 Å². The predicted molar refractivity (Wildman–Crippen MR) is 67.7 cm³/mol. The zero-order valence-electron chi connectivity index (χ0n) is 9.83. The van der Waals surface area contributed by atoms with Gasteiger partial charge in [0, 0.05) is 19.0 Å². The molecule has 16 heavy (non-hydrogen) atoms. The van der Waals surface area contributed by atoms with Crippen LogP contribution < -0.4 is 11.1 Å². The lowest BCUT2D eigenvalue weighted by molar-refractivity contribution is 0.925. The van der Waals surface area contributed by atoms with E-state index in [1.54, 1.807) is 11.3 Å². The lowest BCUT2D eigenvalue weighted by atomic mass is 10.1. The van der Waals surface area contributed by atoms with Gasteiger partial charge in [-0.1, -0.05) is 0 Å². The monoisotopic (exact) mass is 237 g/mol. The molecule has 0 aliphatic rings. The fraction of sp³-hybridized carbons (Fsp3) is 0.400. The predicted octanol–water partition coefficient (Wildman–Crippen LogP) is 1.78. The van der Waals surface area contributed by atoms with E-state index < -0.39 is 0 Å². The maximum absolute atomic E-state index is 6.01. The third-order valence-corrected chi connectivity index (χ3v) is 3.77. The third kappa shape index (κ3) is 1.46. The molecule has 2 aromatic heterocycles. The smallest absolute Gasteiger partial charge is 0.224 e. The molecule has 0 atom stereocenters. The molecule has 3 N–H and O–H groups in total. The summed E-state index contributed by atoms with van der Waals surface area (Å²) in [5, 5.41) is 12.0. The van der Waals surface area contributed by atoms with Crippen molar-refractivity contribution in [3.63, 3.8) is 0 Å². The zero-order chi connectivity index (χ0) is 11.9. The van der Waals surface area contributed by atoms with Gasteiger partial charge in [0.05, 0.1) is 10.6 Å². The lowest BCUT2D eigenvalue weighted by Gasteiger charge is -2.03. The Bertz CT molecular complexity index is 526. The highest BCUT2D eigenvalue weighted by molar-refractivity contribution is 7.16. The van der Waals surface area contributed by atoms with Crippen molar-refractivity contribution in [2.45, 2.75) is 13.8 Å². The Morgan fingerprint density at radius 2 is 2.00 bits per heavy atom. The highest BCUT2D eigenvalue weighted by atomic mass is 32.1. The minimum atomic E-state index is 0.734. The van der Waals surface area contributed by atoms with Gasteiger partial charge in [0.25, 0.3) is 0 Å². The van der Waals surface area contributed by atoms with E-state index in [1.807, 2.05) is 18.7 Å². The fourth-order valence-corrected chi connectivity index (χ4v) is 2.63. The van der Waals surface area contributed by atoms with Crippen LogP contribution in [0.25, 0.3) is 11.4 Å². The van der Waals surface area contributed by atoms with E-state index in [2.05, 4.69) is 29.4 Å². The van der Waals surface area contributed by atoms with Crippen molar-refractivity contribution in [1.82, 2.24) is 14.8 Å². The molecule has 0 fully saturated rings. The third-order valence-electron chi connectivity index (χ3n) is 2.73. The number of aromatic nitrogens is 3. The molecule has 6 heteroatoms. The van der Waals surface area contributed by atoms with Gasteiger partial charge >= 0.3 is 0 Å². The quantitative estimate of drug-likeness (QED) is 0.835. The molecule has 0 aliphatic carbocycles. The topological polar surface area (TPSA) is 68.8 Å². The number of nitrogens with one attached hydrogen (secondary N) is 1. The number of aryl methyl sites for hydroxylation is 1. The molecule has 0 amide bonds. The molecule has 0 unspecified atom stereocenters. The molecule has 0 saturated heterocycles. The maximum Gasteiger partial charge on any atom is 0.224 e. The van der Waals surface area contributed by atoms with Crippen molar-refractivity contribution in [3.8, 4) is 11.4 Å². The van der Waals surface area contributed by atoms with Gasteiger partial charge in [0.1, 0.15) is 0 Å². The van der Waals surface area contributed by atoms with E-state index in [4.69, 9.17) is 5.73 Å². The molecule has 86 valence electrons. The molecule has 0 radical (unpaired) electrons. The van der Waals surface area contributed by atoms with Crippen molar-refractivity contribution in [2.75, 3.05) is 18.1 Å². The van der Waals surface area contributed by atoms with Gasteiger partial charge in [-0.2, -0.15) is 0 Å². The van der Waals surface area contributed by atoms with E-state index in [-0.39, 0.29) is 0 Å². The average Bonchev–Trinajstić information content (AvgIpc) is 2.70. The van der Waals surface area contributed by atoms with E-state index in [9.17, 15) is 0 Å². The summed E-state index contributed by atoms with van der Waals surface area (Å²) >= 11 is 1.59. The van der Waals surface area contributed by atoms with Gasteiger partial charge in [0.2, 0.25) is 5.95 Å². The molecule has 2 rings (SSSR count). The van der Waals surface area contributed by atoms with E-state index in [0.29, 0.717) is 0 Å². The number of nitrogen functional groups attached to an aromatic ring is 1. The minimum Gasteiger partial charge on any atom is -0.390 e. The number of thiophene rings is 1. The summed E-state index contributed by atoms with van der Waals surface area (Å²) in [5.74, 6) is 1.54. The molecule has 0 aromatic carbocycles. The summed E-state index contributed by atoms with van der Waals surface area (Å²) in [6.07, 6.45) is 0. The van der Waals surface area contributed by atoms with Crippen LogP contribution in [0.15, 0.2) is 0 Å². The van der Waals surface area contributed by atoms with Crippen LogP contribution in [0.3, 0.4) is 0 Å². The highest BCUT2D eigenvalue weighted by Crippen LogP contribution is 2.37. The molecule has 0 saturated carbocycles. The fourth-order valence-electron chi connectivity index (χ4n) is 1.70. The molecule has 2 heterocycles.